The molecule has 0 radical (unpaired) electrons. The number of nitrogens with zero attached hydrogens (tertiary/aromatic N) is 4. The van der Waals surface area contributed by atoms with Gasteiger partial charge in [-0.2, -0.15) is 0 Å². The second-order valence-corrected chi connectivity index (χ2v) is 9.18. The van der Waals surface area contributed by atoms with Crippen molar-refractivity contribution in [3.8, 4) is 0 Å². The van der Waals surface area contributed by atoms with E-state index >= 15 is 0 Å². The lowest BCUT2D eigenvalue weighted by atomic mass is 10.0. The summed E-state index contributed by atoms with van der Waals surface area (Å²) in [6.07, 6.45) is 5.25. The molecule has 1 saturated heterocycles. The Hall–Kier alpha value is -3.78. The van der Waals surface area contributed by atoms with Gasteiger partial charge >= 0.3 is 0 Å². The molecule has 2 aromatic carbocycles. The molecular formula is C29H34FN5O2. The number of aromatic nitrogens is 1. The first-order valence-electron chi connectivity index (χ1n) is 12.9. The van der Waals surface area contributed by atoms with E-state index in [4.69, 9.17) is 0 Å². The highest BCUT2D eigenvalue weighted by atomic mass is 19.1. The Bertz CT molecular complexity index is 1180. The number of carbonyl (C=O) groups excluding carboxylic acids is 2. The van der Waals surface area contributed by atoms with Crippen molar-refractivity contribution in [2.24, 2.45) is 0 Å². The summed E-state index contributed by atoms with van der Waals surface area (Å²) < 4.78 is 14.3. The number of amides is 2. The number of nitrogens with one attached hydrogen (secondary N) is 1. The Morgan fingerprint density at radius 2 is 1.62 bits per heavy atom. The molecule has 3 aromatic rings. The van der Waals surface area contributed by atoms with Gasteiger partial charge in [0.15, 0.2) is 0 Å². The minimum absolute atomic E-state index is 0.00375. The van der Waals surface area contributed by atoms with E-state index < -0.39 is 11.7 Å². The van der Waals surface area contributed by atoms with Gasteiger partial charge in [-0.3, -0.25) is 29.9 Å². The summed E-state index contributed by atoms with van der Waals surface area (Å²) in [5.74, 6) is -1.09. The van der Waals surface area contributed by atoms with Crippen molar-refractivity contribution in [2.75, 3.05) is 31.2 Å². The summed E-state index contributed by atoms with van der Waals surface area (Å²) in [5.41, 5.74) is 5.52. The summed E-state index contributed by atoms with van der Waals surface area (Å²) in [5, 5.41) is 1.84. The van der Waals surface area contributed by atoms with Crippen LogP contribution in [0.1, 0.15) is 53.0 Å². The largest absolute Gasteiger partial charge is 0.339 e. The third kappa shape index (κ3) is 6.51. The van der Waals surface area contributed by atoms with Crippen LogP contribution in [-0.4, -0.2) is 58.8 Å². The number of benzene rings is 2. The molecule has 0 unspecified atom stereocenters. The lowest BCUT2D eigenvalue weighted by Gasteiger charge is -2.39. The van der Waals surface area contributed by atoms with Gasteiger partial charge in [0.05, 0.1) is 17.3 Å². The lowest BCUT2D eigenvalue weighted by Crippen LogP contribution is -2.53. The van der Waals surface area contributed by atoms with Crippen LogP contribution in [0.3, 0.4) is 0 Å². The molecule has 1 aromatic heterocycles. The molecule has 0 spiro atoms. The number of likely N-dealkylation sites (tertiary alicyclic amines) is 1. The third-order valence-corrected chi connectivity index (χ3v) is 6.86. The molecule has 1 aliphatic rings. The maximum Gasteiger partial charge on any atom is 0.272 e. The van der Waals surface area contributed by atoms with Crippen molar-refractivity contribution in [3.05, 3.63) is 95.6 Å². The molecule has 0 saturated carbocycles. The highest BCUT2D eigenvalue weighted by molar-refractivity contribution is 5.96. The zero-order chi connectivity index (χ0) is 26.2. The van der Waals surface area contributed by atoms with E-state index in [1.807, 2.05) is 43.1 Å². The molecule has 0 aliphatic carbocycles. The number of pyridine rings is 1. The Morgan fingerprint density at radius 3 is 2.24 bits per heavy atom. The van der Waals surface area contributed by atoms with Crippen molar-refractivity contribution in [1.29, 1.82) is 0 Å². The molecular weight excluding hydrogens is 469 g/mol. The van der Waals surface area contributed by atoms with E-state index in [2.05, 4.69) is 15.3 Å². The van der Waals surface area contributed by atoms with E-state index in [9.17, 15) is 14.0 Å². The van der Waals surface area contributed by atoms with Crippen LogP contribution in [0.25, 0.3) is 0 Å². The second kappa shape index (κ2) is 12.5. The monoisotopic (exact) mass is 503 g/mol. The number of hydrogen-bond acceptors (Lipinski definition) is 5. The first kappa shape index (κ1) is 26.3. The highest BCUT2D eigenvalue weighted by Gasteiger charge is 2.27. The number of piperidine rings is 1. The zero-order valence-electron chi connectivity index (χ0n) is 21.4. The summed E-state index contributed by atoms with van der Waals surface area (Å²) in [7, 11) is 0. The molecule has 37 heavy (non-hydrogen) atoms. The number of halogens is 1. The first-order valence-corrected chi connectivity index (χ1v) is 12.9. The van der Waals surface area contributed by atoms with Crippen LogP contribution in [0.15, 0.2) is 73.1 Å². The average molecular weight is 504 g/mol. The molecule has 0 atom stereocenters. The average Bonchev–Trinajstić information content (AvgIpc) is 2.94. The van der Waals surface area contributed by atoms with Crippen LogP contribution in [0.4, 0.5) is 10.1 Å². The predicted molar refractivity (Wildman–Crippen MR) is 143 cm³/mol. The standard InChI is InChI=1S/C29H34FN5O2/c1-3-34(4-2)29(37)23-9-11-24(12-10-23)35(32-28(36)26-7-5-6-8-27(26)30)25-15-19-33(20-16-25)21-22-13-17-31-18-14-22/h5-14,17-18,25H,3-4,15-16,19-21H2,1-2H3,(H,32,36). The zero-order valence-corrected chi connectivity index (χ0v) is 21.4. The van der Waals surface area contributed by atoms with E-state index in [-0.39, 0.29) is 17.5 Å². The van der Waals surface area contributed by atoms with Crippen LogP contribution in [-0.2, 0) is 6.54 Å². The van der Waals surface area contributed by atoms with Crippen molar-refractivity contribution < 1.29 is 14.0 Å². The molecule has 194 valence electrons. The number of rotatable bonds is 9. The third-order valence-electron chi connectivity index (χ3n) is 6.86. The molecule has 0 bridgehead atoms. The van der Waals surface area contributed by atoms with Gasteiger partial charge in [0.2, 0.25) is 0 Å². The van der Waals surface area contributed by atoms with Gasteiger partial charge in [-0.15, -0.1) is 0 Å². The van der Waals surface area contributed by atoms with Gasteiger partial charge in [0.1, 0.15) is 5.82 Å². The van der Waals surface area contributed by atoms with E-state index in [0.717, 1.165) is 38.2 Å². The quantitative estimate of drug-likeness (QED) is 0.435. The molecule has 1 N–H and O–H groups in total. The van der Waals surface area contributed by atoms with Gasteiger partial charge in [-0.05, 0) is 80.8 Å². The predicted octanol–water partition coefficient (Wildman–Crippen LogP) is 4.52. The van der Waals surface area contributed by atoms with E-state index in [1.165, 1.54) is 17.7 Å². The van der Waals surface area contributed by atoms with Crippen LogP contribution in [0.2, 0.25) is 0 Å². The van der Waals surface area contributed by atoms with Gasteiger partial charge < -0.3 is 4.90 Å². The van der Waals surface area contributed by atoms with Gasteiger partial charge in [0.25, 0.3) is 11.8 Å². The maximum absolute atomic E-state index is 14.3. The summed E-state index contributed by atoms with van der Waals surface area (Å²) in [4.78, 5) is 34.1. The van der Waals surface area contributed by atoms with Crippen molar-refractivity contribution >= 4 is 17.5 Å². The van der Waals surface area contributed by atoms with Crippen LogP contribution >= 0.6 is 0 Å². The van der Waals surface area contributed by atoms with Gasteiger partial charge in [-0.25, -0.2) is 4.39 Å². The molecule has 1 aliphatic heterocycles. The SMILES string of the molecule is CCN(CC)C(=O)c1ccc(N(NC(=O)c2ccccc2F)C2CCN(Cc3ccncc3)CC2)cc1. The molecule has 4 rings (SSSR count). The Morgan fingerprint density at radius 1 is 0.973 bits per heavy atom. The van der Waals surface area contributed by atoms with Crippen molar-refractivity contribution in [2.45, 2.75) is 39.3 Å². The molecule has 2 heterocycles. The maximum atomic E-state index is 14.3. The minimum atomic E-state index is -0.563. The fraction of sp³-hybridized carbons (Fsp3) is 0.345. The van der Waals surface area contributed by atoms with Crippen LogP contribution < -0.4 is 10.4 Å². The summed E-state index contributed by atoms with van der Waals surface area (Å²) in [6.45, 7) is 7.75. The second-order valence-electron chi connectivity index (χ2n) is 9.18. The fourth-order valence-electron chi connectivity index (χ4n) is 4.72. The summed E-state index contributed by atoms with van der Waals surface area (Å²) in [6, 6.07) is 17.3. The fourth-order valence-corrected chi connectivity index (χ4v) is 4.72. The number of hydrazine groups is 1. The van der Waals surface area contributed by atoms with Crippen molar-refractivity contribution in [3.63, 3.8) is 0 Å². The highest BCUT2D eigenvalue weighted by Crippen LogP contribution is 2.24. The Kier molecular flexibility index (Phi) is 8.85. The molecule has 2 amide bonds. The Balaban J connectivity index is 1.52. The molecule has 7 nitrogen and oxygen atoms in total. The number of carbonyl (C=O) groups is 2. The van der Waals surface area contributed by atoms with E-state index in [1.54, 1.807) is 41.6 Å². The van der Waals surface area contributed by atoms with Crippen LogP contribution in [0.5, 0.6) is 0 Å². The molecule has 8 heteroatoms. The topological polar surface area (TPSA) is 68.8 Å². The van der Waals surface area contributed by atoms with Gasteiger partial charge in [-0.1, -0.05) is 12.1 Å². The van der Waals surface area contributed by atoms with E-state index in [0.29, 0.717) is 18.7 Å². The minimum Gasteiger partial charge on any atom is -0.339 e. The van der Waals surface area contributed by atoms with Crippen LogP contribution in [0, 0.1) is 5.82 Å². The van der Waals surface area contributed by atoms with Crippen molar-refractivity contribution in [1.82, 2.24) is 20.2 Å². The lowest BCUT2D eigenvalue weighted by molar-refractivity contribution is 0.0772. The molecule has 1 fully saturated rings. The first-order chi connectivity index (χ1) is 18.0. The van der Waals surface area contributed by atoms with Gasteiger partial charge in [0, 0.05) is 50.7 Å². The Labute approximate surface area is 217 Å². The number of hydrogen-bond donors (Lipinski definition) is 1. The summed E-state index contributed by atoms with van der Waals surface area (Å²) >= 11 is 0. The number of anilines is 1. The smallest absolute Gasteiger partial charge is 0.272 e. The normalized spacial score (nSPS) is 14.2.